The minimum absolute atomic E-state index is 0.127. The predicted molar refractivity (Wildman–Crippen MR) is 195 cm³/mol. The molecule has 2 aliphatic heterocycles. The van der Waals surface area contributed by atoms with E-state index in [2.05, 4.69) is 15.4 Å². The molecule has 0 aromatic heterocycles. The number of carbonyl (C=O) groups is 4. The Morgan fingerprint density at radius 3 is 2.35 bits per heavy atom. The summed E-state index contributed by atoms with van der Waals surface area (Å²) in [4.78, 5) is 58.3. The first kappa shape index (κ1) is 42.0. The number of hydrogen-bond donors (Lipinski definition) is 3. The number of amides is 4. The van der Waals surface area contributed by atoms with Gasteiger partial charge in [-0.1, -0.05) is 64.8 Å². The third-order valence-electron chi connectivity index (χ3n) is 10.6. The molecule has 1 saturated heterocycles. The molecule has 0 radical (unpaired) electrons. The zero-order valence-corrected chi connectivity index (χ0v) is 32.9. The van der Waals surface area contributed by atoms with E-state index in [1.807, 2.05) is 6.07 Å². The second-order valence-corrected chi connectivity index (χ2v) is 18.1. The van der Waals surface area contributed by atoms with Crippen molar-refractivity contribution in [2.24, 2.45) is 11.3 Å². The number of ether oxygens (including phenoxy) is 1. The van der Waals surface area contributed by atoms with Crippen LogP contribution in [-0.2, 0) is 48.4 Å². The Balaban J connectivity index is 1.44. The van der Waals surface area contributed by atoms with Crippen molar-refractivity contribution in [2.75, 3.05) is 11.9 Å². The molecular formula is C37H46ClF4N5O7S. The highest BCUT2D eigenvalue weighted by Crippen LogP contribution is 2.47. The summed E-state index contributed by atoms with van der Waals surface area (Å²) < 4.78 is 88.8. The molecule has 0 spiro atoms. The molecule has 2 aromatic carbocycles. The number of nitrogens with one attached hydrogen (secondary N) is 3. The van der Waals surface area contributed by atoms with Crippen LogP contribution in [-0.4, -0.2) is 77.6 Å². The number of rotatable bonds is 11. The Labute approximate surface area is 322 Å². The van der Waals surface area contributed by atoms with Crippen LogP contribution in [0.5, 0.6) is 0 Å². The molecular weight excluding hydrogens is 770 g/mol. The van der Waals surface area contributed by atoms with E-state index < -0.39 is 91.7 Å². The van der Waals surface area contributed by atoms with Gasteiger partial charge in [0.05, 0.1) is 23.9 Å². The lowest BCUT2D eigenvalue weighted by molar-refractivity contribution is -0.141. The van der Waals surface area contributed by atoms with Crippen LogP contribution in [0.2, 0.25) is 5.02 Å². The fraction of sp³-hybridized carbons (Fsp3) is 0.568. The van der Waals surface area contributed by atoms with Gasteiger partial charge in [-0.2, -0.15) is 13.2 Å². The molecule has 302 valence electrons. The van der Waals surface area contributed by atoms with E-state index in [-0.39, 0.29) is 44.6 Å². The first-order chi connectivity index (χ1) is 25.5. The number of alkyl halides is 3. The number of anilines is 1. The second-order valence-electron chi connectivity index (χ2n) is 15.6. The van der Waals surface area contributed by atoms with Gasteiger partial charge in [0.25, 0.3) is 5.91 Å². The van der Waals surface area contributed by atoms with E-state index in [0.717, 1.165) is 22.1 Å². The summed E-state index contributed by atoms with van der Waals surface area (Å²) in [7, 11) is -4.08. The van der Waals surface area contributed by atoms with Crippen molar-refractivity contribution in [3.05, 3.63) is 63.9 Å². The number of hydrogen-bond acceptors (Lipinski definition) is 8. The predicted octanol–water partition coefficient (Wildman–Crippen LogP) is 5.98. The topological polar surface area (TPSA) is 154 Å². The first-order valence-electron chi connectivity index (χ1n) is 18.0. The third-order valence-corrected chi connectivity index (χ3v) is 12.9. The molecule has 5 rings (SSSR count). The number of benzene rings is 2. The number of sulfonamides is 1. The summed E-state index contributed by atoms with van der Waals surface area (Å²) in [6.07, 6.45) is -6.13. The molecule has 55 heavy (non-hydrogen) atoms. The number of fused-ring (bicyclic) bond motifs is 1. The van der Waals surface area contributed by atoms with Gasteiger partial charge < -0.3 is 20.3 Å². The summed E-state index contributed by atoms with van der Waals surface area (Å²) in [6.45, 7) is 9.78. The van der Waals surface area contributed by atoms with Crippen LogP contribution in [0.25, 0.3) is 0 Å². The van der Waals surface area contributed by atoms with Gasteiger partial charge in [0.1, 0.15) is 29.5 Å². The van der Waals surface area contributed by atoms with Crippen molar-refractivity contribution in [3.63, 3.8) is 0 Å². The van der Waals surface area contributed by atoms with Gasteiger partial charge in [0.2, 0.25) is 21.8 Å². The van der Waals surface area contributed by atoms with Crippen molar-refractivity contribution in [1.29, 1.82) is 0 Å². The molecule has 1 unspecified atom stereocenters. The molecule has 18 heteroatoms. The van der Waals surface area contributed by atoms with Crippen molar-refractivity contribution in [1.82, 2.24) is 19.8 Å². The Kier molecular flexibility index (Phi) is 11.8. The van der Waals surface area contributed by atoms with Gasteiger partial charge in [-0.15, -0.1) is 0 Å². The maximum atomic E-state index is 14.5. The highest BCUT2D eigenvalue weighted by atomic mass is 35.5. The van der Waals surface area contributed by atoms with Crippen LogP contribution in [0.4, 0.5) is 28.0 Å². The minimum Gasteiger partial charge on any atom is -0.444 e. The zero-order chi connectivity index (χ0) is 40.8. The summed E-state index contributed by atoms with van der Waals surface area (Å²) in [5.74, 6) is -4.13. The Hall–Kier alpha value is -4.12. The number of nitrogens with zero attached hydrogens (tertiary/aromatic N) is 2. The molecule has 2 fully saturated rings. The highest BCUT2D eigenvalue weighted by molar-refractivity contribution is 7.90. The molecule has 1 aliphatic carbocycles. The number of carbonyl (C=O) groups excluding carboxylic acids is 4. The van der Waals surface area contributed by atoms with Crippen molar-refractivity contribution >= 4 is 51.1 Å². The summed E-state index contributed by atoms with van der Waals surface area (Å²) in [5, 5.41) is 5.03. The molecule has 4 amide bonds. The lowest BCUT2D eigenvalue weighted by atomic mass is 9.85. The molecule has 2 aromatic rings. The van der Waals surface area contributed by atoms with Crippen LogP contribution < -0.4 is 15.4 Å². The average Bonchev–Trinajstić information content (AvgIpc) is 3.39. The van der Waals surface area contributed by atoms with Crippen LogP contribution >= 0.6 is 11.6 Å². The molecule has 12 nitrogen and oxygen atoms in total. The normalized spacial score (nSPS) is 23.4. The summed E-state index contributed by atoms with van der Waals surface area (Å²) in [5.41, 5.74) is -2.68. The molecule has 3 aliphatic rings. The smallest absolute Gasteiger partial charge is 0.416 e. The SMILES string of the molecule is CCC(C)S(=O)(=O)NC(=O)[C@@]1(NC(=O)[C@@H]2C[C@@H](OC(=O)N3Cc4cccc(Cl)c4C3)CN2C(=O)[C@@H](Nc2cc(F)cc(C(F)(F)F)c2)C(C)(C)C)C[C@H]1CC. The average molecular weight is 816 g/mol. The summed E-state index contributed by atoms with van der Waals surface area (Å²) >= 11 is 6.33. The van der Waals surface area contributed by atoms with Gasteiger partial charge in [0, 0.05) is 23.7 Å². The van der Waals surface area contributed by atoms with Crippen LogP contribution in [0, 0.1) is 17.2 Å². The van der Waals surface area contributed by atoms with Gasteiger partial charge >= 0.3 is 12.3 Å². The molecule has 6 atom stereocenters. The molecule has 3 N–H and O–H groups in total. The largest absolute Gasteiger partial charge is 0.444 e. The Morgan fingerprint density at radius 2 is 1.76 bits per heavy atom. The van der Waals surface area contributed by atoms with Crippen LogP contribution in [0.3, 0.4) is 0 Å². The highest BCUT2D eigenvalue weighted by Gasteiger charge is 2.62. The molecule has 2 heterocycles. The lowest BCUT2D eigenvalue weighted by Crippen LogP contribution is -2.58. The molecule has 0 bridgehead atoms. The van der Waals surface area contributed by atoms with E-state index in [1.54, 1.807) is 46.8 Å². The first-order valence-corrected chi connectivity index (χ1v) is 20.0. The van der Waals surface area contributed by atoms with Gasteiger partial charge in [0.15, 0.2) is 0 Å². The fourth-order valence-corrected chi connectivity index (χ4v) is 8.41. The maximum absolute atomic E-state index is 14.5. The van der Waals surface area contributed by atoms with Crippen molar-refractivity contribution < 1.29 is 49.9 Å². The minimum atomic E-state index is -4.88. The quantitative estimate of drug-likeness (QED) is 0.235. The van der Waals surface area contributed by atoms with Gasteiger partial charge in [-0.25, -0.2) is 17.6 Å². The summed E-state index contributed by atoms with van der Waals surface area (Å²) in [6, 6.07) is 4.38. The van der Waals surface area contributed by atoms with E-state index in [1.165, 1.54) is 11.8 Å². The standard InChI is InChI=1S/C37H46ClF4N5O7S/c1-7-20(3)55(52,53)45-33(50)36(16-22(36)8-2)44-31(48)29-15-26(54-34(51)46-17-21-10-9-11-28(38)27(21)19-46)18-47(29)32(49)30(35(4,5)6)43-25-13-23(37(40,41)42)12-24(39)14-25/h9-14,20,22,26,29-30,43H,7-8,15-19H2,1-6H3,(H,44,48)(H,45,50)/t20?,22-,26-,29+,30-,36-/m1/s1. The third kappa shape index (κ3) is 8.97. The zero-order valence-electron chi connectivity index (χ0n) is 31.4. The monoisotopic (exact) mass is 815 g/mol. The van der Waals surface area contributed by atoms with Crippen molar-refractivity contribution in [3.8, 4) is 0 Å². The Morgan fingerprint density at radius 1 is 1.07 bits per heavy atom. The van der Waals surface area contributed by atoms with Gasteiger partial charge in [-0.05, 0) is 66.5 Å². The second kappa shape index (κ2) is 15.4. The van der Waals surface area contributed by atoms with E-state index in [0.29, 0.717) is 23.6 Å². The fourth-order valence-electron chi connectivity index (χ4n) is 7.07. The van der Waals surface area contributed by atoms with E-state index in [9.17, 15) is 45.2 Å². The van der Waals surface area contributed by atoms with Crippen molar-refractivity contribution in [2.45, 2.75) is 115 Å². The number of likely N-dealkylation sites (tertiary alicyclic amines) is 1. The number of halogens is 5. The van der Waals surface area contributed by atoms with Crippen LogP contribution in [0.15, 0.2) is 36.4 Å². The Bertz CT molecular complexity index is 1960. The van der Waals surface area contributed by atoms with Gasteiger partial charge in [-0.3, -0.25) is 24.0 Å². The molecule has 1 saturated carbocycles. The van der Waals surface area contributed by atoms with E-state index >= 15 is 0 Å². The maximum Gasteiger partial charge on any atom is 0.416 e. The van der Waals surface area contributed by atoms with E-state index in [4.69, 9.17) is 16.3 Å². The van der Waals surface area contributed by atoms with Crippen LogP contribution in [0.1, 0.15) is 83.9 Å². The lowest BCUT2D eigenvalue weighted by Gasteiger charge is -2.36.